The van der Waals surface area contributed by atoms with Gasteiger partial charge in [-0.3, -0.25) is 0 Å². The van der Waals surface area contributed by atoms with Crippen molar-refractivity contribution in [1.82, 2.24) is 0 Å². The number of ether oxygens (including phenoxy) is 2. The SMILES string of the molecule is CCOc1ccc(-c2ccc(C3CCC(CCc4ccc(OCC)cc4F)CC3)c(F)c2F)cc1. The number of halogens is 3. The highest BCUT2D eigenvalue weighted by Gasteiger charge is 2.26. The average Bonchev–Trinajstić information content (AvgIpc) is 2.87. The van der Waals surface area contributed by atoms with Crippen LogP contribution < -0.4 is 9.47 Å². The molecule has 0 aliphatic heterocycles. The van der Waals surface area contributed by atoms with Crippen LogP contribution in [0.4, 0.5) is 13.2 Å². The molecule has 0 radical (unpaired) electrons. The summed E-state index contributed by atoms with van der Waals surface area (Å²) in [6, 6.07) is 15.5. The molecule has 0 saturated heterocycles. The Morgan fingerprint density at radius 3 is 2.06 bits per heavy atom. The molecule has 0 aromatic heterocycles. The first-order valence-electron chi connectivity index (χ1n) is 12.6. The number of rotatable bonds is 9. The standard InChI is InChI=1S/C30H33F3O2/c1-3-34-24-14-11-22(12-15-24)27-18-17-26(29(32)30(27)33)21-8-5-20(6-9-21)7-10-23-13-16-25(35-4-2)19-28(23)31/h11-21H,3-10H2,1-2H3. The highest BCUT2D eigenvalue weighted by atomic mass is 19.2. The van der Waals surface area contributed by atoms with E-state index in [2.05, 4.69) is 0 Å². The molecule has 1 aliphatic carbocycles. The second-order valence-electron chi connectivity index (χ2n) is 9.23. The van der Waals surface area contributed by atoms with Crippen molar-refractivity contribution >= 4 is 0 Å². The third-order valence-corrected chi connectivity index (χ3v) is 7.03. The van der Waals surface area contributed by atoms with E-state index in [1.54, 1.807) is 42.5 Å². The minimum atomic E-state index is -0.792. The van der Waals surface area contributed by atoms with E-state index in [9.17, 15) is 4.39 Å². The summed E-state index contributed by atoms with van der Waals surface area (Å²) in [5.74, 6) is -0.0238. The van der Waals surface area contributed by atoms with E-state index in [-0.39, 0.29) is 17.3 Å². The third kappa shape index (κ3) is 6.01. The summed E-state index contributed by atoms with van der Waals surface area (Å²) in [5.41, 5.74) is 2.06. The molecular formula is C30H33F3O2. The Bertz CT molecular complexity index is 1120. The Morgan fingerprint density at radius 2 is 1.40 bits per heavy atom. The smallest absolute Gasteiger partial charge is 0.166 e. The Kier molecular flexibility index (Phi) is 8.37. The van der Waals surface area contributed by atoms with Crippen molar-refractivity contribution in [3.8, 4) is 22.6 Å². The van der Waals surface area contributed by atoms with E-state index in [0.29, 0.717) is 53.7 Å². The summed E-state index contributed by atoms with van der Waals surface area (Å²) in [6.45, 7) is 4.84. The first kappa shape index (κ1) is 25.2. The molecule has 186 valence electrons. The molecule has 4 rings (SSSR count). The molecule has 3 aromatic rings. The van der Waals surface area contributed by atoms with Crippen molar-refractivity contribution in [3.05, 3.63) is 83.2 Å². The fourth-order valence-corrected chi connectivity index (χ4v) is 5.11. The van der Waals surface area contributed by atoms with Gasteiger partial charge in [0.2, 0.25) is 0 Å². The molecule has 0 atom stereocenters. The van der Waals surface area contributed by atoms with Crippen molar-refractivity contribution in [2.75, 3.05) is 13.2 Å². The van der Waals surface area contributed by atoms with Gasteiger partial charge in [0, 0.05) is 11.6 Å². The highest BCUT2D eigenvalue weighted by Crippen LogP contribution is 2.40. The maximum absolute atomic E-state index is 15.1. The van der Waals surface area contributed by atoms with E-state index in [4.69, 9.17) is 9.47 Å². The Morgan fingerprint density at radius 1 is 0.743 bits per heavy atom. The lowest BCUT2D eigenvalue weighted by molar-refractivity contribution is 0.304. The number of hydrogen-bond acceptors (Lipinski definition) is 2. The topological polar surface area (TPSA) is 18.5 Å². The lowest BCUT2D eigenvalue weighted by Crippen LogP contribution is -2.15. The molecule has 0 N–H and O–H groups in total. The summed E-state index contributed by atoms with van der Waals surface area (Å²) in [6.07, 6.45) is 5.07. The zero-order valence-corrected chi connectivity index (χ0v) is 20.5. The largest absolute Gasteiger partial charge is 0.494 e. The van der Waals surface area contributed by atoms with Gasteiger partial charge in [-0.2, -0.15) is 0 Å². The minimum Gasteiger partial charge on any atom is -0.494 e. The van der Waals surface area contributed by atoms with E-state index in [1.807, 2.05) is 19.9 Å². The monoisotopic (exact) mass is 482 g/mol. The highest BCUT2D eigenvalue weighted by molar-refractivity contribution is 5.65. The number of aryl methyl sites for hydroxylation is 1. The molecule has 35 heavy (non-hydrogen) atoms. The van der Waals surface area contributed by atoms with Crippen LogP contribution >= 0.6 is 0 Å². The molecule has 2 nitrogen and oxygen atoms in total. The summed E-state index contributed by atoms with van der Waals surface area (Å²) in [7, 11) is 0. The second kappa shape index (κ2) is 11.7. The zero-order chi connectivity index (χ0) is 24.8. The van der Waals surface area contributed by atoms with Crippen molar-refractivity contribution < 1.29 is 22.6 Å². The van der Waals surface area contributed by atoms with Gasteiger partial charge < -0.3 is 9.47 Å². The van der Waals surface area contributed by atoms with Crippen LogP contribution in [-0.4, -0.2) is 13.2 Å². The number of hydrogen-bond donors (Lipinski definition) is 0. The lowest BCUT2D eigenvalue weighted by atomic mass is 9.76. The van der Waals surface area contributed by atoms with Crippen molar-refractivity contribution in [3.63, 3.8) is 0 Å². The van der Waals surface area contributed by atoms with Crippen molar-refractivity contribution in [1.29, 1.82) is 0 Å². The van der Waals surface area contributed by atoms with Crippen LogP contribution in [0.25, 0.3) is 11.1 Å². The summed E-state index contributed by atoms with van der Waals surface area (Å²) in [4.78, 5) is 0. The molecule has 3 aromatic carbocycles. The average molecular weight is 483 g/mol. The fourth-order valence-electron chi connectivity index (χ4n) is 5.11. The molecule has 0 spiro atoms. The first-order chi connectivity index (χ1) is 17.0. The summed E-state index contributed by atoms with van der Waals surface area (Å²) in [5, 5.41) is 0. The Labute approximate surface area is 206 Å². The van der Waals surface area contributed by atoms with E-state index in [1.165, 1.54) is 6.07 Å². The molecule has 0 amide bonds. The Hall–Kier alpha value is -2.95. The van der Waals surface area contributed by atoms with E-state index >= 15 is 8.78 Å². The van der Waals surface area contributed by atoms with E-state index < -0.39 is 11.6 Å². The van der Waals surface area contributed by atoms with Gasteiger partial charge in [0.05, 0.1) is 13.2 Å². The molecule has 1 saturated carbocycles. The predicted octanol–water partition coefficient (Wildman–Crippen LogP) is 8.47. The van der Waals surface area contributed by atoms with Crippen LogP contribution in [0.2, 0.25) is 0 Å². The minimum absolute atomic E-state index is 0.0114. The van der Waals surface area contributed by atoms with Gasteiger partial charge in [0.1, 0.15) is 17.3 Å². The van der Waals surface area contributed by atoms with Crippen LogP contribution in [-0.2, 0) is 6.42 Å². The maximum Gasteiger partial charge on any atom is 0.166 e. The van der Waals surface area contributed by atoms with E-state index in [0.717, 1.165) is 32.1 Å². The molecule has 5 heteroatoms. The quantitative estimate of drug-likeness (QED) is 0.304. The van der Waals surface area contributed by atoms with Gasteiger partial charge in [0.15, 0.2) is 11.6 Å². The molecule has 1 aliphatic rings. The molecule has 1 fully saturated rings. The maximum atomic E-state index is 15.1. The van der Waals surface area contributed by atoms with Gasteiger partial charge in [-0.05, 0) is 99.1 Å². The fraction of sp³-hybridized carbons (Fsp3) is 0.400. The predicted molar refractivity (Wildman–Crippen MR) is 134 cm³/mol. The van der Waals surface area contributed by atoms with Crippen LogP contribution in [0.3, 0.4) is 0 Å². The van der Waals surface area contributed by atoms with Gasteiger partial charge in [-0.15, -0.1) is 0 Å². The zero-order valence-electron chi connectivity index (χ0n) is 20.5. The van der Waals surface area contributed by atoms with Crippen molar-refractivity contribution in [2.24, 2.45) is 5.92 Å². The first-order valence-corrected chi connectivity index (χ1v) is 12.6. The van der Waals surface area contributed by atoms with Crippen LogP contribution in [0.1, 0.15) is 63.0 Å². The third-order valence-electron chi connectivity index (χ3n) is 7.03. The molecule has 0 heterocycles. The summed E-state index contributed by atoms with van der Waals surface area (Å²) >= 11 is 0. The van der Waals surface area contributed by atoms with Gasteiger partial charge in [-0.1, -0.05) is 30.3 Å². The van der Waals surface area contributed by atoms with Crippen LogP contribution in [0.15, 0.2) is 54.6 Å². The molecule has 0 bridgehead atoms. The normalized spacial score (nSPS) is 17.9. The van der Waals surface area contributed by atoms with Gasteiger partial charge >= 0.3 is 0 Å². The van der Waals surface area contributed by atoms with Crippen LogP contribution in [0.5, 0.6) is 11.5 Å². The molecule has 0 unspecified atom stereocenters. The van der Waals surface area contributed by atoms with Crippen molar-refractivity contribution in [2.45, 2.75) is 58.3 Å². The van der Waals surface area contributed by atoms with Gasteiger partial charge in [-0.25, -0.2) is 13.2 Å². The second-order valence-corrected chi connectivity index (χ2v) is 9.23. The number of benzene rings is 3. The van der Waals surface area contributed by atoms with Gasteiger partial charge in [0.25, 0.3) is 0 Å². The van der Waals surface area contributed by atoms with Crippen LogP contribution in [0, 0.1) is 23.4 Å². The lowest BCUT2D eigenvalue weighted by Gasteiger charge is -2.29. The Balaban J connectivity index is 1.35. The summed E-state index contributed by atoms with van der Waals surface area (Å²) < 4.78 is 55.2. The molecular weight excluding hydrogens is 449 g/mol.